The normalized spacial score (nSPS) is 11.0. The van der Waals surface area contributed by atoms with E-state index >= 15 is 0 Å². The molecule has 3 aromatic heterocycles. The quantitative estimate of drug-likeness (QED) is 0.346. The fourth-order valence-electron chi connectivity index (χ4n) is 3.73. The van der Waals surface area contributed by atoms with Gasteiger partial charge in [0.05, 0.1) is 11.8 Å². The molecule has 10 nitrogen and oxygen atoms in total. The summed E-state index contributed by atoms with van der Waals surface area (Å²) in [5.74, 6) is 1.02. The summed E-state index contributed by atoms with van der Waals surface area (Å²) < 4.78 is 14.4. The number of unbranched alkanes of at least 4 members (excludes halogenated alkanes) is 1. The van der Waals surface area contributed by atoms with E-state index < -0.39 is 17.2 Å². The highest BCUT2D eigenvalue weighted by Crippen LogP contribution is 2.21. The van der Waals surface area contributed by atoms with Crippen molar-refractivity contribution in [3.05, 3.63) is 81.0 Å². The summed E-state index contributed by atoms with van der Waals surface area (Å²) in [6.45, 7) is 4.80. The molecule has 0 aliphatic rings. The number of hydrogen-bond acceptors (Lipinski definition) is 7. The maximum Gasteiger partial charge on any atom is 0.338 e. The van der Waals surface area contributed by atoms with Gasteiger partial charge in [-0.25, -0.2) is 14.6 Å². The van der Waals surface area contributed by atoms with Gasteiger partial charge in [-0.1, -0.05) is 20.3 Å². The van der Waals surface area contributed by atoms with E-state index in [-0.39, 0.29) is 6.61 Å². The van der Waals surface area contributed by atoms with Crippen molar-refractivity contribution >= 4 is 17.1 Å². The molecule has 0 aliphatic carbocycles. The van der Waals surface area contributed by atoms with Gasteiger partial charge in [-0.05, 0) is 49.2 Å². The molecule has 35 heavy (non-hydrogen) atoms. The van der Waals surface area contributed by atoms with Crippen LogP contribution in [0.4, 0.5) is 0 Å². The molecule has 0 atom stereocenters. The number of aromatic nitrogens is 5. The Hall–Kier alpha value is -4.21. The third-order valence-electron chi connectivity index (χ3n) is 5.44. The molecule has 3 heterocycles. The lowest BCUT2D eigenvalue weighted by Gasteiger charge is -2.09. The third-order valence-corrected chi connectivity index (χ3v) is 5.44. The number of nitrogens with one attached hydrogen (secondary N) is 1. The number of fused-ring (bicyclic) bond motifs is 1. The molecule has 0 radical (unpaired) electrons. The number of aromatic amines is 1. The van der Waals surface area contributed by atoms with E-state index in [0.717, 1.165) is 19.3 Å². The molecular weight excluding hydrogens is 450 g/mol. The zero-order chi connectivity index (χ0) is 24.8. The van der Waals surface area contributed by atoms with E-state index in [9.17, 15) is 14.4 Å². The van der Waals surface area contributed by atoms with Crippen LogP contribution in [-0.4, -0.2) is 30.1 Å². The maximum absolute atomic E-state index is 12.7. The van der Waals surface area contributed by atoms with Gasteiger partial charge >= 0.3 is 11.7 Å². The van der Waals surface area contributed by atoms with Gasteiger partial charge in [0.15, 0.2) is 11.2 Å². The van der Waals surface area contributed by atoms with Gasteiger partial charge in [-0.3, -0.25) is 19.3 Å². The van der Waals surface area contributed by atoms with Crippen LogP contribution >= 0.6 is 0 Å². The second kappa shape index (κ2) is 10.8. The van der Waals surface area contributed by atoms with Crippen LogP contribution in [-0.2, 0) is 24.4 Å². The van der Waals surface area contributed by atoms with E-state index in [0.29, 0.717) is 47.1 Å². The summed E-state index contributed by atoms with van der Waals surface area (Å²) in [6, 6.07) is 10.1. The van der Waals surface area contributed by atoms with E-state index in [4.69, 9.17) is 9.47 Å². The standard InChI is InChI=1S/C25H27N5O5/c1-3-5-14-30-22-21(23(31)28-25(30)33)29(13-4-2)20(27-22)16-34-24(32)17-8-10-18(11-9-17)35-19-7-6-12-26-15-19/h6-12,15H,3-5,13-14,16H2,1-2H3,(H,28,31,33). The summed E-state index contributed by atoms with van der Waals surface area (Å²) in [5, 5.41) is 0. The van der Waals surface area contributed by atoms with Gasteiger partial charge in [-0.15, -0.1) is 0 Å². The number of pyridine rings is 1. The topological polar surface area (TPSA) is 121 Å². The summed E-state index contributed by atoms with van der Waals surface area (Å²) in [6.07, 6.45) is 5.64. The van der Waals surface area contributed by atoms with Crippen molar-refractivity contribution in [1.29, 1.82) is 0 Å². The first-order valence-corrected chi connectivity index (χ1v) is 11.6. The Balaban J connectivity index is 1.54. The van der Waals surface area contributed by atoms with Crippen LogP contribution in [0, 0.1) is 0 Å². The van der Waals surface area contributed by atoms with Gasteiger partial charge < -0.3 is 14.0 Å². The number of benzene rings is 1. The summed E-state index contributed by atoms with van der Waals surface area (Å²) in [5.41, 5.74) is -0.0248. The van der Waals surface area contributed by atoms with Crippen molar-refractivity contribution in [2.24, 2.45) is 0 Å². The number of esters is 1. The van der Waals surface area contributed by atoms with E-state index in [1.54, 1.807) is 53.4 Å². The number of carbonyl (C=O) groups is 1. The Morgan fingerprint density at radius 3 is 2.49 bits per heavy atom. The zero-order valence-electron chi connectivity index (χ0n) is 19.7. The SMILES string of the molecule is CCCCn1c(=O)[nH]c(=O)c2c1nc(COC(=O)c1ccc(Oc3cccnc3)cc1)n2CCC. The van der Waals surface area contributed by atoms with Crippen molar-refractivity contribution in [3.63, 3.8) is 0 Å². The molecule has 4 aromatic rings. The molecule has 1 aromatic carbocycles. The highest BCUT2D eigenvalue weighted by atomic mass is 16.5. The van der Waals surface area contributed by atoms with Crippen LogP contribution in [0.25, 0.3) is 11.2 Å². The average molecular weight is 478 g/mol. The number of rotatable bonds is 10. The Labute approximate surface area is 201 Å². The molecule has 0 unspecified atom stereocenters. The van der Waals surface area contributed by atoms with Crippen LogP contribution in [0.1, 0.15) is 49.3 Å². The molecule has 10 heteroatoms. The molecule has 0 spiro atoms. The Kier molecular flexibility index (Phi) is 7.39. The lowest BCUT2D eigenvalue weighted by Crippen LogP contribution is -2.31. The number of imidazole rings is 1. The minimum Gasteiger partial charge on any atom is -0.456 e. The number of nitrogens with zero attached hydrogens (tertiary/aromatic N) is 4. The molecule has 0 saturated carbocycles. The van der Waals surface area contributed by atoms with Crippen LogP contribution in [0.3, 0.4) is 0 Å². The Morgan fingerprint density at radius 1 is 1.00 bits per heavy atom. The van der Waals surface area contributed by atoms with E-state index in [1.165, 1.54) is 4.57 Å². The van der Waals surface area contributed by atoms with E-state index in [2.05, 4.69) is 15.0 Å². The molecule has 0 aliphatic heterocycles. The molecule has 4 rings (SSSR count). The van der Waals surface area contributed by atoms with Crippen molar-refractivity contribution in [3.8, 4) is 11.5 Å². The summed E-state index contributed by atoms with van der Waals surface area (Å²) in [7, 11) is 0. The smallest absolute Gasteiger partial charge is 0.338 e. The van der Waals surface area contributed by atoms with Crippen molar-refractivity contribution < 1.29 is 14.3 Å². The highest BCUT2D eigenvalue weighted by molar-refractivity contribution is 5.89. The third kappa shape index (κ3) is 5.32. The van der Waals surface area contributed by atoms with Gasteiger partial charge in [-0.2, -0.15) is 0 Å². The number of hydrogen-bond donors (Lipinski definition) is 1. The van der Waals surface area contributed by atoms with Crippen molar-refractivity contribution in [1.82, 2.24) is 24.1 Å². The zero-order valence-corrected chi connectivity index (χ0v) is 19.7. The number of ether oxygens (including phenoxy) is 2. The Bertz CT molecular complexity index is 1420. The maximum atomic E-state index is 12.7. The minimum absolute atomic E-state index is 0.136. The number of H-pyrrole nitrogens is 1. The molecular formula is C25H27N5O5. The number of aryl methyl sites for hydroxylation is 2. The second-order valence-corrected chi connectivity index (χ2v) is 8.01. The van der Waals surface area contributed by atoms with Crippen molar-refractivity contribution in [2.45, 2.75) is 52.8 Å². The first kappa shape index (κ1) is 23.9. The molecule has 182 valence electrons. The minimum atomic E-state index is -0.537. The predicted octanol–water partition coefficient (Wildman–Crippen LogP) is 3.64. The fourth-order valence-corrected chi connectivity index (χ4v) is 3.73. The Morgan fingerprint density at radius 2 is 1.80 bits per heavy atom. The molecule has 0 amide bonds. The molecule has 0 saturated heterocycles. The summed E-state index contributed by atoms with van der Waals surface area (Å²) >= 11 is 0. The lowest BCUT2D eigenvalue weighted by atomic mass is 10.2. The van der Waals surface area contributed by atoms with Crippen LogP contribution in [0.2, 0.25) is 0 Å². The van der Waals surface area contributed by atoms with Crippen LogP contribution in [0.15, 0.2) is 58.4 Å². The van der Waals surface area contributed by atoms with Gasteiger partial charge in [0.1, 0.15) is 23.9 Å². The summed E-state index contributed by atoms with van der Waals surface area (Å²) in [4.78, 5) is 48.6. The van der Waals surface area contributed by atoms with Gasteiger partial charge in [0.2, 0.25) is 0 Å². The first-order chi connectivity index (χ1) is 17.0. The predicted molar refractivity (Wildman–Crippen MR) is 130 cm³/mol. The largest absolute Gasteiger partial charge is 0.456 e. The fraction of sp³-hybridized carbons (Fsp3) is 0.320. The van der Waals surface area contributed by atoms with E-state index in [1.807, 2.05) is 13.8 Å². The second-order valence-electron chi connectivity index (χ2n) is 8.01. The molecule has 0 fully saturated rings. The molecule has 1 N–H and O–H groups in total. The van der Waals surface area contributed by atoms with Gasteiger partial charge in [0.25, 0.3) is 5.56 Å². The number of carbonyl (C=O) groups excluding carboxylic acids is 1. The monoisotopic (exact) mass is 477 g/mol. The first-order valence-electron chi connectivity index (χ1n) is 11.6. The van der Waals surface area contributed by atoms with Crippen molar-refractivity contribution in [2.75, 3.05) is 0 Å². The highest BCUT2D eigenvalue weighted by Gasteiger charge is 2.19. The lowest BCUT2D eigenvalue weighted by molar-refractivity contribution is 0.0458. The average Bonchev–Trinajstić information content (AvgIpc) is 3.22. The van der Waals surface area contributed by atoms with Crippen LogP contribution < -0.4 is 16.0 Å². The molecule has 0 bridgehead atoms. The van der Waals surface area contributed by atoms with Crippen LogP contribution in [0.5, 0.6) is 11.5 Å². The van der Waals surface area contributed by atoms with Gasteiger partial charge in [0, 0.05) is 19.3 Å².